The summed E-state index contributed by atoms with van der Waals surface area (Å²) < 4.78 is 0. The minimum Gasteiger partial charge on any atom is -0.160 e. The van der Waals surface area contributed by atoms with E-state index in [4.69, 9.17) is 10.2 Å². The summed E-state index contributed by atoms with van der Waals surface area (Å²) in [6, 6.07) is 0. The van der Waals surface area contributed by atoms with Gasteiger partial charge in [-0.25, -0.2) is 0 Å². The first-order valence-electron chi connectivity index (χ1n) is 7.07. The Hall–Kier alpha value is -0.660. The van der Waals surface area contributed by atoms with Crippen LogP contribution < -0.4 is 0 Å². The first-order valence-corrected chi connectivity index (χ1v) is 7.07. The second-order valence-electron chi connectivity index (χ2n) is 7.09. The van der Waals surface area contributed by atoms with Crippen molar-refractivity contribution in [2.45, 2.75) is 25.7 Å². The van der Waals surface area contributed by atoms with E-state index in [-0.39, 0.29) is 0 Å². The van der Waals surface area contributed by atoms with E-state index < -0.39 is 0 Å². The van der Waals surface area contributed by atoms with Crippen molar-refractivity contribution >= 4 is 11.4 Å². The van der Waals surface area contributed by atoms with Gasteiger partial charge < -0.3 is 0 Å². The predicted molar refractivity (Wildman–Crippen MR) is 61.3 cm³/mol. The van der Waals surface area contributed by atoms with Crippen LogP contribution in [0, 0.1) is 47.3 Å². The van der Waals surface area contributed by atoms with E-state index in [1.807, 2.05) is 0 Å². The predicted octanol–water partition coefficient (Wildman–Crippen LogP) is 2.36. The molecule has 8 atom stereocenters. The Morgan fingerprint density at radius 3 is 1.25 bits per heavy atom. The summed E-state index contributed by atoms with van der Waals surface area (Å²) in [5.41, 5.74) is 3.03. The summed E-state index contributed by atoms with van der Waals surface area (Å²) in [5.74, 6) is 7.72. The van der Waals surface area contributed by atoms with Crippen LogP contribution in [0.25, 0.3) is 0 Å². The van der Waals surface area contributed by atoms with Crippen molar-refractivity contribution in [1.29, 1.82) is 0 Å². The molecule has 0 aromatic rings. The molecule has 0 heterocycles. The molecule has 8 bridgehead atoms. The fourth-order valence-corrected chi connectivity index (χ4v) is 6.00. The monoisotopic (exact) mass is 212 g/mol. The molecule has 8 aliphatic carbocycles. The molecule has 0 aromatic carbocycles. The molecule has 8 fully saturated rings. The van der Waals surface area contributed by atoms with Crippen LogP contribution in [0.1, 0.15) is 25.7 Å². The van der Waals surface area contributed by atoms with E-state index in [9.17, 15) is 0 Å². The SMILES string of the molecule is C1C2C[C@H]3C(/C2=N\N=C2/C4C[C@@H]5C2[C@@H]5C4)[C@@H]13. The van der Waals surface area contributed by atoms with E-state index in [0.717, 1.165) is 47.3 Å². The third-order valence-electron chi connectivity index (χ3n) is 6.69. The van der Waals surface area contributed by atoms with Crippen molar-refractivity contribution < 1.29 is 0 Å². The van der Waals surface area contributed by atoms with Crippen molar-refractivity contribution in [2.75, 3.05) is 0 Å². The van der Waals surface area contributed by atoms with E-state index in [2.05, 4.69) is 0 Å². The van der Waals surface area contributed by atoms with Crippen molar-refractivity contribution in [3.63, 3.8) is 0 Å². The minimum atomic E-state index is 0.857. The molecule has 8 aliphatic rings. The lowest BCUT2D eigenvalue weighted by atomic mass is 10.1. The van der Waals surface area contributed by atoms with Gasteiger partial charge in [-0.1, -0.05) is 0 Å². The Labute approximate surface area is 95.2 Å². The topological polar surface area (TPSA) is 24.7 Å². The van der Waals surface area contributed by atoms with Crippen LogP contribution in [0.4, 0.5) is 0 Å². The molecule has 0 spiro atoms. The van der Waals surface area contributed by atoms with Crippen LogP contribution in [0.15, 0.2) is 10.2 Å². The van der Waals surface area contributed by atoms with Crippen molar-refractivity contribution in [3.8, 4) is 0 Å². The average Bonchev–Trinajstić information content (AvgIpc) is 2.91. The Bertz CT molecular complexity index is 401. The maximum atomic E-state index is 4.71. The number of hydrogen-bond acceptors (Lipinski definition) is 2. The van der Waals surface area contributed by atoms with Gasteiger partial charge in [0.05, 0.1) is 0 Å². The molecular formula is C14H16N2. The van der Waals surface area contributed by atoms with Crippen LogP contribution in [-0.4, -0.2) is 11.4 Å². The Morgan fingerprint density at radius 1 is 0.625 bits per heavy atom. The zero-order valence-electron chi connectivity index (χ0n) is 9.34. The molecule has 0 aromatic heterocycles. The number of hydrogen-bond donors (Lipinski definition) is 0. The fraction of sp³-hybridized carbons (Fsp3) is 0.857. The van der Waals surface area contributed by atoms with Gasteiger partial charge in [-0.3, -0.25) is 0 Å². The van der Waals surface area contributed by atoms with E-state index in [1.54, 1.807) is 0 Å². The molecule has 16 heavy (non-hydrogen) atoms. The second kappa shape index (κ2) is 2.04. The molecule has 0 saturated heterocycles. The molecule has 8 rings (SSSR count). The molecule has 8 saturated carbocycles. The van der Waals surface area contributed by atoms with E-state index >= 15 is 0 Å². The lowest BCUT2D eigenvalue weighted by molar-refractivity contribution is 0.688. The number of rotatable bonds is 1. The fourth-order valence-electron chi connectivity index (χ4n) is 6.00. The summed E-state index contributed by atoms with van der Waals surface area (Å²) in [6.07, 6.45) is 5.82. The van der Waals surface area contributed by atoms with Crippen LogP contribution in [0.2, 0.25) is 0 Å². The third-order valence-corrected chi connectivity index (χ3v) is 6.69. The summed E-state index contributed by atoms with van der Waals surface area (Å²) in [6.45, 7) is 0. The molecule has 0 radical (unpaired) electrons. The molecule has 82 valence electrons. The Kier molecular flexibility index (Phi) is 0.974. The molecule has 2 nitrogen and oxygen atoms in total. The lowest BCUT2D eigenvalue weighted by Crippen LogP contribution is -2.05. The quantitative estimate of drug-likeness (QED) is 0.596. The Balaban J connectivity index is 1.39. The van der Waals surface area contributed by atoms with Crippen molar-refractivity contribution in [3.05, 3.63) is 0 Å². The maximum Gasteiger partial charge on any atom is 0.0473 e. The Morgan fingerprint density at radius 2 is 1.00 bits per heavy atom. The van der Waals surface area contributed by atoms with Crippen LogP contribution >= 0.6 is 0 Å². The first kappa shape index (κ1) is 7.62. The zero-order valence-corrected chi connectivity index (χ0v) is 9.34. The highest BCUT2D eigenvalue weighted by Crippen LogP contribution is 2.70. The van der Waals surface area contributed by atoms with Gasteiger partial charge in [0.15, 0.2) is 0 Å². The standard InChI is InChI=1S/C14H16N2/c1-5-2-8-7(1)11(8)13(5)15-16-14-6-3-9-10(4-6)12(9)14/h5-12H,1-4H2/b15-13-,16-14+/t5?,6?,7-,8+,9-,10+,11?,12?. The maximum absolute atomic E-state index is 4.71. The van der Waals surface area contributed by atoms with Gasteiger partial charge in [0.1, 0.15) is 0 Å². The summed E-state index contributed by atoms with van der Waals surface area (Å²) in [5, 5.41) is 9.42. The van der Waals surface area contributed by atoms with Crippen LogP contribution in [0.5, 0.6) is 0 Å². The first-order chi connectivity index (χ1) is 7.92. The molecule has 0 aliphatic heterocycles. The zero-order chi connectivity index (χ0) is 10.0. The highest BCUT2D eigenvalue weighted by Gasteiger charge is 2.68. The number of nitrogens with zero attached hydrogens (tertiary/aromatic N) is 2. The summed E-state index contributed by atoms with van der Waals surface area (Å²) in [7, 11) is 0. The lowest BCUT2D eigenvalue weighted by Gasteiger charge is -2.02. The molecule has 4 unspecified atom stereocenters. The van der Waals surface area contributed by atoms with E-state index in [0.29, 0.717) is 0 Å². The normalized spacial score (nSPS) is 71.0. The summed E-state index contributed by atoms with van der Waals surface area (Å²) >= 11 is 0. The van der Waals surface area contributed by atoms with Gasteiger partial charge in [0, 0.05) is 35.1 Å². The van der Waals surface area contributed by atoms with Gasteiger partial charge in [-0.15, -0.1) is 0 Å². The van der Waals surface area contributed by atoms with Crippen LogP contribution in [-0.2, 0) is 0 Å². The van der Waals surface area contributed by atoms with Gasteiger partial charge >= 0.3 is 0 Å². The van der Waals surface area contributed by atoms with Gasteiger partial charge in [-0.05, 0) is 49.4 Å². The minimum absolute atomic E-state index is 0.857. The van der Waals surface area contributed by atoms with Gasteiger partial charge in [0.25, 0.3) is 0 Å². The molecule has 0 N–H and O–H groups in total. The van der Waals surface area contributed by atoms with Gasteiger partial charge in [0.2, 0.25) is 0 Å². The largest absolute Gasteiger partial charge is 0.160 e. The highest BCUT2D eigenvalue weighted by molar-refractivity contribution is 6.00. The molecular weight excluding hydrogens is 196 g/mol. The molecule has 0 amide bonds. The third kappa shape index (κ3) is 0.640. The average molecular weight is 212 g/mol. The van der Waals surface area contributed by atoms with Crippen molar-refractivity contribution in [2.24, 2.45) is 57.5 Å². The van der Waals surface area contributed by atoms with E-state index in [1.165, 1.54) is 37.1 Å². The summed E-state index contributed by atoms with van der Waals surface area (Å²) in [4.78, 5) is 0. The second-order valence-corrected chi connectivity index (χ2v) is 7.09. The highest BCUT2D eigenvalue weighted by atomic mass is 15.2. The van der Waals surface area contributed by atoms with Crippen LogP contribution in [0.3, 0.4) is 0 Å². The van der Waals surface area contributed by atoms with Crippen molar-refractivity contribution in [1.82, 2.24) is 0 Å². The molecule has 2 heteroatoms. The van der Waals surface area contributed by atoms with Gasteiger partial charge in [-0.2, -0.15) is 10.2 Å². The smallest absolute Gasteiger partial charge is 0.0473 e.